The van der Waals surface area contributed by atoms with Gasteiger partial charge in [-0.2, -0.15) is 0 Å². The van der Waals surface area contributed by atoms with E-state index in [2.05, 4.69) is 5.32 Å². The number of rotatable bonds is 9. The monoisotopic (exact) mass is 505 g/mol. The maximum Gasteiger partial charge on any atom is 0.303 e. The molecule has 0 saturated carbocycles. The van der Waals surface area contributed by atoms with Gasteiger partial charge in [0, 0.05) is 17.0 Å². The number of carbonyl (C=O) groups is 2. The lowest BCUT2D eigenvalue weighted by atomic mass is 10.0. The SMILES string of the molecule is C[C@H](NC(=O)c1cccc2nc(CCCCC(=O)O)c(-c3ccc(F)cc3)nc12)c1ccc(Cl)cc1. The summed E-state index contributed by atoms with van der Waals surface area (Å²) in [6, 6.07) is 18.2. The van der Waals surface area contributed by atoms with Gasteiger partial charge < -0.3 is 10.4 Å². The first-order valence-corrected chi connectivity index (χ1v) is 12.0. The van der Waals surface area contributed by atoms with Crippen molar-refractivity contribution in [3.8, 4) is 11.3 Å². The van der Waals surface area contributed by atoms with E-state index < -0.39 is 5.97 Å². The smallest absolute Gasteiger partial charge is 0.303 e. The van der Waals surface area contributed by atoms with Crippen LogP contribution in [-0.4, -0.2) is 27.0 Å². The molecule has 1 atom stereocenters. The van der Waals surface area contributed by atoms with Crippen LogP contribution in [0.25, 0.3) is 22.3 Å². The second-order valence-electron chi connectivity index (χ2n) is 8.55. The second-order valence-corrected chi connectivity index (χ2v) is 8.98. The van der Waals surface area contributed by atoms with Gasteiger partial charge in [0.1, 0.15) is 11.3 Å². The zero-order valence-electron chi connectivity index (χ0n) is 19.7. The van der Waals surface area contributed by atoms with Crippen LogP contribution in [0.2, 0.25) is 5.02 Å². The minimum Gasteiger partial charge on any atom is -0.481 e. The van der Waals surface area contributed by atoms with Crippen molar-refractivity contribution < 1.29 is 19.1 Å². The van der Waals surface area contributed by atoms with Gasteiger partial charge in [-0.25, -0.2) is 14.4 Å². The molecular formula is C28H25ClFN3O3. The standard InChI is InChI=1S/C28H25ClFN3O3/c1-17(18-9-13-20(29)14-10-18)31-28(36)22-5-4-7-24-27(22)33-26(19-11-15-21(30)16-12-19)23(32-24)6-2-3-8-25(34)35/h4-5,7,9-17H,2-3,6,8H2,1H3,(H,31,36)(H,34,35)/t17-/m0/s1. The molecule has 0 saturated heterocycles. The number of carbonyl (C=O) groups excluding carboxylic acids is 1. The van der Waals surface area contributed by atoms with Gasteiger partial charge in [0.05, 0.1) is 28.5 Å². The lowest BCUT2D eigenvalue weighted by molar-refractivity contribution is -0.137. The van der Waals surface area contributed by atoms with E-state index >= 15 is 0 Å². The molecule has 3 aromatic carbocycles. The molecule has 4 rings (SSSR count). The van der Waals surface area contributed by atoms with E-state index in [1.54, 1.807) is 42.5 Å². The number of unbranched alkanes of at least 4 members (excludes halogenated alkanes) is 1. The number of hydrogen-bond donors (Lipinski definition) is 2. The van der Waals surface area contributed by atoms with Gasteiger partial charge in [-0.1, -0.05) is 29.8 Å². The van der Waals surface area contributed by atoms with Gasteiger partial charge in [0.25, 0.3) is 5.91 Å². The largest absolute Gasteiger partial charge is 0.481 e. The minimum absolute atomic E-state index is 0.0724. The summed E-state index contributed by atoms with van der Waals surface area (Å²) < 4.78 is 13.6. The third-order valence-corrected chi connectivity index (χ3v) is 6.15. The van der Waals surface area contributed by atoms with E-state index in [0.29, 0.717) is 57.8 Å². The van der Waals surface area contributed by atoms with Crippen molar-refractivity contribution in [2.75, 3.05) is 0 Å². The van der Waals surface area contributed by atoms with Crippen LogP contribution in [0.3, 0.4) is 0 Å². The van der Waals surface area contributed by atoms with Crippen molar-refractivity contribution in [1.82, 2.24) is 15.3 Å². The predicted octanol–water partition coefficient (Wildman–Crippen LogP) is 6.38. The van der Waals surface area contributed by atoms with Crippen molar-refractivity contribution in [2.45, 2.75) is 38.6 Å². The molecule has 0 spiro atoms. The first-order valence-electron chi connectivity index (χ1n) is 11.7. The molecule has 0 bridgehead atoms. The molecule has 1 aromatic heterocycles. The zero-order valence-corrected chi connectivity index (χ0v) is 20.4. The molecule has 2 N–H and O–H groups in total. The zero-order chi connectivity index (χ0) is 25.7. The van der Waals surface area contributed by atoms with Gasteiger partial charge in [-0.05, 0) is 80.3 Å². The number of fused-ring (bicyclic) bond motifs is 1. The average molecular weight is 506 g/mol. The number of para-hydroxylation sites is 1. The Labute approximate surface area is 213 Å². The normalized spacial score (nSPS) is 11.9. The second kappa shape index (κ2) is 11.3. The summed E-state index contributed by atoms with van der Waals surface area (Å²) in [4.78, 5) is 33.7. The number of carboxylic acids is 1. The Hall–Kier alpha value is -3.84. The number of nitrogens with zero attached hydrogens (tertiary/aromatic N) is 2. The average Bonchev–Trinajstić information content (AvgIpc) is 2.86. The third kappa shape index (κ3) is 6.04. The lowest BCUT2D eigenvalue weighted by Crippen LogP contribution is -2.27. The molecule has 184 valence electrons. The van der Waals surface area contributed by atoms with Crippen LogP contribution in [0.4, 0.5) is 4.39 Å². The number of benzene rings is 3. The van der Waals surface area contributed by atoms with E-state index in [9.17, 15) is 14.0 Å². The Morgan fingerprint density at radius 1 is 1.00 bits per heavy atom. The van der Waals surface area contributed by atoms with Gasteiger partial charge in [-0.15, -0.1) is 0 Å². The summed E-state index contributed by atoms with van der Waals surface area (Å²) in [7, 11) is 0. The van der Waals surface area contributed by atoms with Crippen LogP contribution in [0.15, 0.2) is 66.7 Å². The first kappa shape index (κ1) is 25.3. The first-order chi connectivity index (χ1) is 17.3. The third-order valence-electron chi connectivity index (χ3n) is 5.90. The Balaban J connectivity index is 1.69. The molecule has 8 heteroatoms. The molecule has 0 unspecified atom stereocenters. The van der Waals surface area contributed by atoms with Crippen LogP contribution in [0, 0.1) is 5.82 Å². The van der Waals surface area contributed by atoms with Gasteiger partial charge in [0.15, 0.2) is 0 Å². The van der Waals surface area contributed by atoms with Gasteiger partial charge >= 0.3 is 5.97 Å². The summed E-state index contributed by atoms with van der Waals surface area (Å²) in [5, 5.41) is 12.6. The fraction of sp³-hybridized carbons (Fsp3) is 0.214. The van der Waals surface area contributed by atoms with E-state index in [1.807, 2.05) is 19.1 Å². The van der Waals surface area contributed by atoms with Crippen molar-refractivity contribution >= 4 is 34.5 Å². The number of carboxylic acid groups (broad SMARTS) is 1. The van der Waals surface area contributed by atoms with Crippen LogP contribution in [-0.2, 0) is 11.2 Å². The Morgan fingerprint density at radius 2 is 1.72 bits per heavy atom. The predicted molar refractivity (Wildman–Crippen MR) is 137 cm³/mol. The Kier molecular flexibility index (Phi) is 7.90. The van der Waals surface area contributed by atoms with Crippen molar-refractivity contribution in [3.05, 3.63) is 94.4 Å². The summed E-state index contributed by atoms with van der Waals surface area (Å²) in [5.74, 6) is -1.51. The van der Waals surface area contributed by atoms with Crippen LogP contribution in [0.5, 0.6) is 0 Å². The van der Waals surface area contributed by atoms with E-state index in [0.717, 1.165) is 5.56 Å². The van der Waals surface area contributed by atoms with E-state index in [4.69, 9.17) is 26.7 Å². The molecule has 0 radical (unpaired) electrons. The molecule has 0 fully saturated rings. The van der Waals surface area contributed by atoms with Crippen LogP contribution >= 0.6 is 11.6 Å². The summed E-state index contributed by atoms with van der Waals surface area (Å²) in [6.45, 7) is 1.89. The Bertz CT molecular complexity index is 1390. The number of halogens is 2. The molecule has 0 aliphatic rings. The molecule has 0 aliphatic heterocycles. The van der Waals surface area contributed by atoms with Crippen LogP contribution < -0.4 is 5.32 Å². The number of nitrogens with one attached hydrogen (secondary N) is 1. The summed E-state index contributed by atoms with van der Waals surface area (Å²) in [6.07, 6.45) is 1.69. The highest BCUT2D eigenvalue weighted by molar-refractivity contribution is 6.30. The van der Waals surface area contributed by atoms with Crippen molar-refractivity contribution in [1.29, 1.82) is 0 Å². The lowest BCUT2D eigenvalue weighted by Gasteiger charge is -2.16. The molecular weight excluding hydrogens is 481 g/mol. The number of aryl methyl sites for hydroxylation is 1. The number of aromatic nitrogens is 2. The number of hydrogen-bond acceptors (Lipinski definition) is 4. The molecule has 36 heavy (non-hydrogen) atoms. The molecule has 4 aromatic rings. The highest BCUT2D eigenvalue weighted by Gasteiger charge is 2.18. The summed E-state index contributed by atoms with van der Waals surface area (Å²) >= 11 is 5.97. The number of aliphatic carboxylic acids is 1. The van der Waals surface area contributed by atoms with Gasteiger partial charge in [0.2, 0.25) is 0 Å². The molecule has 6 nitrogen and oxygen atoms in total. The van der Waals surface area contributed by atoms with Gasteiger partial charge in [-0.3, -0.25) is 9.59 Å². The minimum atomic E-state index is -0.846. The molecule has 0 aliphatic carbocycles. The maximum absolute atomic E-state index is 13.6. The van der Waals surface area contributed by atoms with Crippen molar-refractivity contribution in [3.63, 3.8) is 0 Å². The van der Waals surface area contributed by atoms with E-state index in [1.165, 1.54) is 12.1 Å². The fourth-order valence-electron chi connectivity index (χ4n) is 3.99. The maximum atomic E-state index is 13.6. The quantitative estimate of drug-likeness (QED) is 0.257. The topological polar surface area (TPSA) is 92.2 Å². The molecule has 1 amide bonds. The summed E-state index contributed by atoms with van der Waals surface area (Å²) in [5.41, 5.74) is 4.17. The van der Waals surface area contributed by atoms with Crippen molar-refractivity contribution in [2.24, 2.45) is 0 Å². The number of amides is 1. The van der Waals surface area contributed by atoms with E-state index in [-0.39, 0.29) is 24.2 Å². The highest BCUT2D eigenvalue weighted by atomic mass is 35.5. The molecule has 1 heterocycles. The van der Waals surface area contributed by atoms with Crippen LogP contribution in [0.1, 0.15) is 53.8 Å². The fourth-order valence-corrected chi connectivity index (χ4v) is 4.11. The Morgan fingerprint density at radius 3 is 2.42 bits per heavy atom. The highest BCUT2D eigenvalue weighted by Crippen LogP contribution is 2.27.